The van der Waals surface area contributed by atoms with E-state index in [9.17, 15) is 28.1 Å². The second-order valence-corrected chi connectivity index (χ2v) is 9.32. The summed E-state index contributed by atoms with van der Waals surface area (Å²) in [7, 11) is -4.44. The summed E-state index contributed by atoms with van der Waals surface area (Å²) in [6, 6.07) is 13.1. The van der Waals surface area contributed by atoms with Gasteiger partial charge in [-0.3, -0.25) is 24.6 Å². The van der Waals surface area contributed by atoms with Crippen LogP contribution in [0.1, 0.15) is 6.42 Å². The van der Waals surface area contributed by atoms with Gasteiger partial charge in [-0.1, -0.05) is 30.0 Å². The molecule has 3 rings (SSSR count). The smallest absolute Gasteiger partial charge is 0.497 e. The lowest BCUT2D eigenvalue weighted by molar-refractivity contribution is -0.384. The zero-order chi connectivity index (χ0) is 26.1. The van der Waals surface area contributed by atoms with E-state index in [1.807, 2.05) is 6.07 Å². The minimum Gasteiger partial charge on any atom is -0.497 e. The maximum Gasteiger partial charge on any atom is 0.631 e. The first-order chi connectivity index (χ1) is 17.1. The fraction of sp³-hybridized carbons (Fsp3) is 0.273. The molecule has 14 heteroatoms. The number of carbonyl (C=O) groups is 2. The van der Waals surface area contributed by atoms with E-state index in [2.05, 4.69) is 16.6 Å². The van der Waals surface area contributed by atoms with Crippen molar-refractivity contribution in [3.05, 3.63) is 64.7 Å². The summed E-state index contributed by atoms with van der Waals surface area (Å²) in [6.07, 6.45) is 0.183. The average Bonchev–Trinajstić information content (AvgIpc) is 2.82. The van der Waals surface area contributed by atoms with Crippen molar-refractivity contribution in [3.8, 4) is 17.6 Å². The van der Waals surface area contributed by atoms with Crippen LogP contribution in [0.4, 0.5) is 5.69 Å². The lowest BCUT2D eigenvalue weighted by Crippen LogP contribution is -2.53. The van der Waals surface area contributed by atoms with Crippen LogP contribution in [-0.2, 0) is 28.9 Å². The molecule has 1 N–H and O–H groups in total. The van der Waals surface area contributed by atoms with Crippen molar-refractivity contribution < 1.29 is 37.0 Å². The number of non-ortho nitro benzene ring substituents is 1. The number of nitro benzene ring substituents is 1. The Balaban J connectivity index is 1.80. The van der Waals surface area contributed by atoms with E-state index >= 15 is 0 Å². The van der Waals surface area contributed by atoms with Crippen LogP contribution < -0.4 is 9.46 Å². The Labute approximate surface area is 207 Å². The summed E-state index contributed by atoms with van der Waals surface area (Å²) in [5, 5.41) is 10.9. The standard InChI is InChI=1S/C22H22BN3O9S/c1-25-15-21(27)34-23(35-22(28)16-25)20(9-5-6-14-33-18-7-3-2-4-8-18)24-36(31,32)19-12-10-17(11-13-19)26(29)30/h2-4,7-8,10-13,20,24H,6,14-16H2,1H3. The van der Waals surface area contributed by atoms with Gasteiger partial charge in [-0.25, -0.2) is 8.42 Å². The summed E-state index contributed by atoms with van der Waals surface area (Å²) in [4.78, 5) is 35.6. The zero-order valence-corrected chi connectivity index (χ0v) is 20.0. The first kappa shape index (κ1) is 26.7. The number of nitrogens with zero attached hydrogens (tertiary/aromatic N) is 2. The second kappa shape index (κ2) is 12.2. The molecule has 1 unspecified atom stereocenters. The van der Waals surface area contributed by atoms with E-state index < -0.39 is 39.9 Å². The molecular weight excluding hydrogens is 493 g/mol. The summed E-state index contributed by atoms with van der Waals surface area (Å²) in [5.41, 5.74) is -0.296. The summed E-state index contributed by atoms with van der Waals surface area (Å²) in [5.74, 6) is 3.05. The third-order valence-electron chi connectivity index (χ3n) is 4.70. The maximum atomic E-state index is 12.9. The Bertz CT molecular complexity index is 1240. The molecule has 1 atom stereocenters. The largest absolute Gasteiger partial charge is 0.631 e. The maximum absolute atomic E-state index is 12.9. The van der Waals surface area contributed by atoms with Crippen LogP contribution in [0, 0.1) is 22.0 Å². The molecule has 0 amide bonds. The van der Waals surface area contributed by atoms with E-state index in [4.69, 9.17) is 14.0 Å². The number of likely N-dealkylation sites (N-methyl/N-ethyl adjacent to an activating group) is 1. The molecule has 1 aliphatic rings. The van der Waals surface area contributed by atoms with Crippen molar-refractivity contribution in [3.63, 3.8) is 0 Å². The van der Waals surface area contributed by atoms with Gasteiger partial charge in [-0.05, 0) is 31.3 Å². The molecular formula is C22H22BN3O9S. The number of benzene rings is 2. The van der Waals surface area contributed by atoms with Crippen molar-refractivity contribution >= 4 is 34.8 Å². The van der Waals surface area contributed by atoms with Crippen LogP contribution >= 0.6 is 0 Å². The minimum atomic E-state index is -4.30. The van der Waals surface area contributed by atoms with Gasteiger partial charge in [0.05, 0.1) is 29.5 Å². The predicted octanol–water partition coefficient (Wildman–Crippen LogP) is 0.773. The van der Waals surface area contributed by atoms with E-state index in [1.54, 1.807) is 24.3 Å². The number of hydrogen-bond donors (Lipinski definition) is 1. The van der Waals surface area contributed by atoms with Gasteiger partial charge in [0.15, 0.2) is 0 Å². The summed E-state index contributed by atoms with van der Waals surface area (Å²) >= 11 is 0. The lowest BCUT2D eigenvalue weighted by atomic mass is 9.78. The Morgan fingerprint density at radius 3 is 2.31 bits per heavy atom. The fourth-order valence-electron chi connectivity index (χ4n) is 3.04. The van der Waals surface area contributed by atoms with Gasteiger partial charge < -0.3 is 14.0 Å². The molecule has 1 heterocycles. The number of ether oxygens (including phenoxy) is 1. The highest BCUT2D eigenvalue weighted by Gasteiger charge is 2.41. The highest BCUT2D eigenvalue weighted by atomic mass is 32.2. The van der Waals surface area contributed by atoms with Gasteiger partial charge >= 0.3 is 19.1 Å². The zero-order valence-electron chi connectivity index (χ0n) is 19.2. The first-order valence-corrected chi connectivity index (χ1v) is 12.1. The van der Waals surface area contributed by atoms with Crippen molar-refractivity contribution in [2.75, 3.05) is 26.7 Å². The second-order valence-electron chi connectivity index (χ2n) is 7.60. The van der Waals surface area contributed by atoms with E-state index in [0.29, 0.717) is 5.75 Å². The average molecular weight is 515 g/mol. The quantitative estimate of drug-likeness (QED) is 0.175. The van der Waals surface area contributed by atoms with E-state index in [-0.39, 0.29) is 36.7 Å². The highest BCUT2D eigenvalue weighted by molar-refractivity contribution is 7.89. The normalized spacial score (nSPS) is 15.4. The molecule has 188 valence electrons. The molecule has 0 bridgehead atoms. The minimum absolute atomic E-state index is 0.183. The number of carbonyl (C=O) groups excluding carboxylic acids is 2. The highest BCUT2D eigenvalue weighted by Crippen LogP contribution is 2.17. The van der Waals surface area contributed by atoms with Gasteiger partial charge in [0, 0.05) is 18.6 Å². The Morgan fingerprint density at radius 2 is 1.72 bits per heavy atom. The number of nitro groups is 1. The number of hydrogen-bond acceptors (Lipinski definition) is 10. The molecule has 0 radical (unpaired) electrons. The van der Waals surface area contributed by atoms with Crippen LogP contribution in [0.15, 0.2) is 59.5 Å². The number of nitrogens with one attached hydrogen (secondary N) is 1. The first-order valence-electron chi connectivity index (χ1n) is 10.6. The molecule has 0 aromatic heterocycles. The van der Waals surface area contributed by atoms with Gasteiger partial charge in [0.2, 0.25) is 10.0 Å². The van der Waals surface area contributed by atoms with E-state index in [0.717, 1.165) is 24.3 Å². The van der Waals surface area contributed by atoms with Gasteiger partial charge in [0.1, 0.15) is 11.7 Å². The molecule has 1 fully saturated rings. The summed E-state index contributed by atoms with van der Waals surface area (Å²) < 4.78 is 44.1. The van der Waals surface area contributed by atoms with Crippen LogP contribution in [0.25, 0.3) is 0 Å². The molecule has 0 spiro atoms. The van der Waals surface area contributed by atoms with Crippen molar-refractivity contribution in [1.29, 1.82) is 0 Å². The number of para-hydroxylation sites is 1. The topological polar surface area (TPSA) is 154 Å². The predicted molar refractivity (Wildman–Crippen MR) is 127 cm³/mol. The summed E-state index contributed by atoms with van der Waals surface area (Å²) in [6.45, 7) is -0.245. The van der Waals surface area contributed by atoms with Gasteiger partial charge in [-0.15, -0.1) is 0 Å². The van der Waals surface area contributed by atoms with Gasteiger partial charge in [-0.2, -0.15) is 4.72 Å². The Morgan fingerprint density at radius 1 is 1.11 bits per heavy atom. The third-order valence-corrected chi connectivity index (χ3v) is 6.16. The van der Waals surface area contributed by atoms with Crippen LogP contribution in [0.2, 0.25) is 0 Å². The van der Waals surface area contributed by atoms with Crippen molar-refractivity contribution in [1.82, 2.24) is 9.62 Å². The third kappa shape index (κ3) is 7.80. The number of sulfonamides is 1. The molecule has 0 saturated carbocycles. The van der Waals surface area contributed by atoms with Crippen molar-refractivity contribution in [2.45, 2.75) is 17.3 Å². The SMILES string of the molecule is CN1CC(=O)OB(C(C#CCCOc2ccccc2)NS(=O)(=O)c2ccc([N+](=O)[O-])cc2)OC(=O)C1. The monoisotopic (exact) mass is 515 g/mol. The molecule has 2 aromatic rings. The van der Waals surface area contributed by atoms with Crippen LogP contribution in [-0.4, -0.2) is 70.0 Å². The van der Waals surface area contributed by atoms with E-state index in [1.165, 1.54) is 11.9 Å². The molecule has 0 aliphatic carbocycles. The molecule has 12 nitrogen and oxygen atoms in total. The van der Waals surface area contributed by atoms with Crippen LogP contribution in [0.5, 0.6) is 5.75 Å². The molecule has 1 saturated heterocycles. The van der Waals surface area contributed by atoms with Crippen molar-refractivity contribution in [2.24, 2.45) is 0 Å². The Hall–Kier alpha value is -3.93. The molecule has 1 aliphatic heterocycles. The van der Waals surface area contributed by atoms with Crippen LogP contribution in [0.3, 0.4) is 0 Å². The number of rotatable bonds is 8. The lowest BCUT2D eigenvalue weighted by Gasteiger charge is -2.25. The van der Waals surface area contributed by atoms with Gasteiger partial charge in [0.25, 0.3) is 5.69 Å². The fourth-order valence-corrected chi connectivity index (χ4v) is 4.18. The molecule has 2 aromatic carbocycles. The Kier molecular flexibility index (Phi) is 9.01. The molecule has 36 heavy (non-hydrogen) atoms.